The number of carboxylic acids is 1. The van der Waals surface area contributed by atoms with Crippen LogP contribution in [0.3, 0.4) is 0 Å². The number of benzene rings is 2. The van der Waals surface area contributed by atoms with Crippen molar-refractivity contribution in [2.24, 2.45) is 5.92 Å². The summed E-state index contributed by atoms with van der Waals surface area (Å²) in [6.45, 7) is 1.02. The quantitative estimate of drug-likeness (QED) is 0.615. The van der Waals surface area contributed by atoms with E-state index in [9.17, 15) is 19.5 Å². The lowest BCUT2D eigenvalue weighted by atomic mass is 9.89. The number of fused-ring (bicyclic) bond motifs is 3. The van der Waals surface area contributed by atoms with Crippen molar-refractivity contribution in [2.45, 2.75) is 30.1 Å². The molecule has 182 valence electrons. The summed E-state index contributed by atoms with van der Waals surface area (Å²) in [5, 5.41) is 11.6. The molecule has 0 radical (unpaired) electrons. The smallest absolute Gasteiger partial charge is 0.407 e. The van der Waals surface area contributed by atoms with Gasteiger partial charge in [-0.2, -0.15) is 0 Å². The summed E-state index contributed by atoms with van der Waals surface area (Å²) < 4.78 is 5.65. The molecular formula is C27H28N2O5S. The van der Waals surface area contributed by atoms with Gasteiger partial charge in [-0.1, -0.05) is 60.7 Å². The summed E-state index contributed by atoms with van der Waals surface area (Å²) in [7, 11) is 0. The molecule has 3 unspecified atom stereocenters. The molecule has 7 nitrogen and oxygen atoms in total. The third-order valence-electron chi connectivity index (χ3n) is 6.98. The second-order valence-corrected chi connectivity index (χ2v) is 10.5. The lowest BCUT2D eigenvalue weighted by molar-refractivity contribution is -0.139. The summed E-state index contributed by atoms with van der Waals surface area (Å²) in [5.74, 6) is -0.599. The molecule has 35 heavy (non-hydrogen) atoms. The zero-order chi connectivity index (χ0) is 24.4. The number of carbonyl (C=O) groups is 3. The molecule has 5 rings (SSSR count). The van der Waals surface area contributed by atoms with E-state index in [4.69, 9.17) is 4.74 Å². The minimum atomic E-state index is -0.883. The third kappa shape index (κ3) is 4.93. The van der Waals surface area contributed by atoms with E-state index < -0.39 is 17.3 Å². The summed E-state index contributed by atoms with van der Waals surface area (Å²) in [6, 6.07) is 16.1. The van der Waals surface area contributed by atoms with Gasteiger partial charge in [-0.3, -0.25) is 9.59 Å². The average Bonchev–Trinajstić information content (AvgIpc) is 3.21. The minimum absolute atomic E-state index is 0.0106. The second kappa shape index (κ2) is 10.2. The number of allylic oxidation sites excluding steroid dienone is 1. The molecule has 2 aromatic rings. The number of hydrogen-bond donors (Lipinski definition) is 2. The Balaban J connectivity index is 1.17. The maximum absolute atomic E-state index is 13.0. The largest absolute Gasteiger partial charge is 0.480 e. The normalized spacial score (nSPS) is 23.3. The number of carboxylic acid groups (broad SMARTS) is 1. The van der Waals surface area contributed by atoms with E-state index >= 15 is 0 Å². The van der Waals surface area contributed by atoms with Gasteiger partial charge in [-0.15, -0.1) is 11.8 Å². The van der Waals surface area contributed by atoms with Crippen LogP contribution in [0, 0.1) is 5.92 Å². The molecule has 8 heteroatoms. The second-order valence-electron chi connectivity index (χ2n) is 9.15. The van der Waals surface area contributed by atoms with Crippen molar-refractivity contribution in [2.75, 3.05) is 25.4 Å². The fraction of sp³-hybridized carbons (Fsp3) is 0.370. The van der Waals surface area contributed by atoms with Gasteiger partial charge >= 0.3 is 12.1 Å². The molecule has 1 heterocycles. The van der Waals surface area contributed by atoms with Crippen LogP contribution in [0.15, 0.2) is 60.7 Å². The summed E-state index contributed by atoms with van der Waals surface area (Å²) in [5.41, 5.74) is 4.66. The number of carbonyl (C=O) groups excluding carboxylic acids is 2. The van der Waals surface area contributed by atoms with E-state index in [2.05, 4.69) is 29.6 Å². The number of nitrogens with one attached hydrogen (secondary N) is 1. The van der Waals surface area contributed by atoms with Gasteiger partial charge in [-0.25, -0.2) is 4.79 Å². The molecule has 0 saturated carbocycles. The number of hydrogen-bond acceptors (Lipinski definition) is 5. The predicted octanol–water partition coefficient (Wildman–Crippen LogP) is 3.89. The highest BCUT2D eigenvalue weighted by Gasteiger charge is 2.34. The van der Waals surface area contributed by atoms with Crippen LogP contribution in [0.4, 0.5) is 4.79 Å². The molecule has 3 aliphatic rings. The van der Waals surface area contributed by atoms with Crippen LogP contribution < -0.4 is 5.32 Å². The highest BCUT2D eigenvalue weighted by atomic mass is 32.2. The minimum Gasteiger partial charge on any atom is -0.480 e. The van der Waals surface area contributed by atoms with E-state index in [1.165, 1.54) is 22.9 Å². The molecule has 0 aromatic heterocycles. The van der Waals surface area contributed by atoms with Crippen molar-refractivity contribution in [3.05, 3.63) is 71.8 Å². The van der Waals surface area contributed by atoms with Crippen molar-refractivity contribution < 1.29 is 24.2 Å². The average molecular weight is 493 g/mol. The zero-order valence-electron chi connectivity index (χ0n) is 19.3. The number of rotatable bonds is 5. The molecule has 2 amide bonds. The van der Waals surface area contributed by atoms with Gasteiger partial charge in [0.05, 0.1) is 6.04 Å². The van der Waals surface area contributed by atoms with Gasteiger partial charge in [0.15, 0.2) is 0 Å². The first-order chi connectivity index (χ1) is 17.0. The first kappa shape index (κ1) is 23.5. The first-order valence-electron chi connectivity index (χ1n) is 11.9. The Bertz CT molecular complexity index is 1120. The Morgan fingerprint density at radius 2 is 1.74 bits per heavy atom. The van der Waals surface area contributed by atoms with Crippen molar-refractivity contribution in [3.63, 3.8) is 0 Å². The van der Waals surface area contributed by atoms with Crippen LogP contribution in [0.2, 0.25) is 0 Å². The van der Waals surface area contributed by atoms with Crippen molar-refractivity contribution in [3.8, 4) is 11.1 Å². The molecule has 3 atom stereocenters. The Morgan fingerprint density at radius 1 is 1.06 bits per heavy atom. The summed E-state index contributed by atoms with van der Waals surface area (Å²) in [4.78, 5) is 38.7. The molecule has 2 aliphatic carbocycles. The predicted molar refractivity (Wildman–Crippen MR) is 134 cm³/mol. The fourth-order valence-corrected chi connectivity index (χ4v) is 6.28. The van der Waals surface area contributed by atoms with Crippen LogP contribution in [-0.2, 0) is 14.3 Å². The standard InChI is InChI=1S/C27H28N2O5S/c30-25(29-12-13-35-24(15-29)26(31)32)17-6-5-7-18(14-17)28-27(33)34-16-23-21-10-3-1-8-19(21)20-9-2-4-11-22(20)23/h1-5,7-11,17-18,23-24H,6,12-16H2,(H,28,33)(H,31,32). The number of nitrogens with zero attached hydrogens (tertiary/aromatic N) is 1. The molecule has 1 aliphatic heterocycles. The number of alkyl carbamates (subject to hydrolysis) is 1. The van der Waals surface area contributed by atoms with Crippen molar-refractivity contribution in [1.82, 2.24) is 10.2 Å². The van der Waals surface area contributed by atoms with Gasteiger partial charge in [0, 0.05) is 30.7 Å². The Morgan fingerprint density at radius 3 is 2.43 bits per heavy atom. The molecule has 2 N–H and O–H groups in total. The maximum atomic E-state index is 13.0. The van der Waals surface area contributed by atoms with Gasteiger partial charge in [0.1, 0.15) is 11.9 Å². The van der Waals surface area contributed by atoms with Crippen LogP contribution in [-0.4, -0.2) is 64.7 Å². The Kier molecular flexibility index (Phi) is 6.81. The molecule has 0 spiro atoms. The van der Waals surface area contributed by atoms with Crippen LogP contribution in [0.5, 0.6) is 0 Å². The SMILES string of the molecule is O=C(NC1C=CCC(C(=O)N2CCSC(C(=O)O)C2)C1)OCC1c2ccccc2-c2ccccc21. The molecule has 1 fully saturated rings. The van der Waals surface area contributed by atoms with Crippen molar-refractivity contribution in [1.29, 1.82) is 0 Å². The maximum Gasteiger partial charge on any atom is 0.407 e. The Labute approximate surface area is 208 Å². The molecule has 0 bridgehead atoms. The number of amides is 2. The third-order valence-corrected chi connectivity index (χ3v) is 8.15. The zero-order valence-corrected chi connectivity index (χ0v) is 20.1. The van der Waals surface area contributed by atoms with E-state index in [0.29, 0.717) is 25.1 Å². The number of aliphatic carboxylic acids is 1. The van der Waals surface area contributed by atoms with E-state index in [1.807, 2.05) is 36.4 Å². The van der Waals surface area contributed by atoms with Crippen molar-refractivity contribution >= 4 is 29.7 Å². The lowest BCUT2D eigenvalue weighted by Gasteiger charge is -2.34. The van der Waals surface area contributed by atoms with Crippen LogP contribution in [0.25, 0.3) is 11.1 Å². The topological polar surface area (TPSA) is 95.9 Å². The Hall–Kier alpha value is -3.26. The van der Waals surface area contributed by atoms with Gasteiger partial charge in [-0.05, 0) is 35.1 Å². The fourth-order valence-electron chi connectivity index (χ4n) is 5.25. The van der Waals surface area contributed by atoms with Gasteiger partial charge < -0.3 is 20.1 Å². The highest BCUT2D eigenvalue weighted by molar-refractivity contribution is 8.00. The highest BCUT2D eigenvalue weighted by Crippen LogP contribution is 2.44. The van der Waals surface area contributed by atoms with E-state index in [-0.39, 0.29) is 36.9 Å². The summed E-state index contributed by atoms with van der Waals surface area (Å²) in [6.07, 6.45) is 4.37. The van der Waals surface area contributed by atoms with E-state index in [0.717, 1.165) is 11.1 Å². The first-order valence-corrected chi connectivity index (χ1v) is 13.0. The van der Waals surface area contributed by atoms with Crippen LogP contribution in [0.1, 0.15) is 29.9 Å². The molecule has 1 saturated heterocycles. The number of thioether (sulfide) groups is 1. The van der Waals surface area contributed by atoms with E-state index in [1.54, 1.807) is 4.90 Å². The molecular weight excluding hydrogens is 464 g/mol. The monoisotopic (exact) mass is 492 g/mol. The number of ether oxygens (including phenoxy) is 1. The van der Waals surface area contributed by atoms with Gasteiger partial charge in [0.25, 0.3) is 0 Å². The van der Waals surface area contributed by atoms with Gasteiger partial charge in [0.2, 0.25) is 5.91 Å². The summed E-state index contributed by atoms with van der Waals surface area (Å²) >= 11 is 1.37. The lowest BCUT2D eigenvalue weighted by Crippen LogP contribution is -2.48. The van der Waals surface area contributed by atoms with Crippen LogP contribution >= 0.6 is 11.8 Å². The molecule has 2 aromatic carbocycles.